The van der Waals surface area contributed by atoms with Gasteiger partial charge in [-0.05, 0) is 31.1 Å². The van der Waals surface area contributed by atoms with Gasteiger partial charge in [-0.15, -0.1) is 24.0 Å². The molecule has 1 aliphatic rings. The lowest BCUT2D eigenvalue weighted by atomic mass is 9.81. The van der Waals surface area contributed by atoms with Crippen LogP contribution in [0.15, 0.2) is 4.99 Å². The highest BCUT2D eigenvalue weighted by molar-refractivity contribution is 14.0. The van der Waals surface area contributed by atoms with Gasteiger partial charge in [0.2, 0.25) is 0 Å². The Morgan fingerprint density at radius 3 is 2.61 bits per heavy atom. The predicted molar refractivity (Wildman–Crippen MR) is 108 cm³/mol. The number of hydrogen-bond donors (Lipinski definition) is 2. The molecule has 0 aromatic heterocycles. The van der Waals surface area contributed by atoms with Crippen LogP contribution < -0.4 is 10.6 Å². The summed E-state index contributed by atoms with van der Waals surface area (Å²) in [5.41, 5.74) is 0. The molecule has 0 aromatic carbocycles. The molecule has 23 heavy (non-hydrogen) atoms. The highest BCUT2D eigenvalue weighted by Crippen LogP contribution is 2.30. The third-order valence-corrected chi connectivity index (χ3v) is 4.30. The van der Waals surface area contributed by atoms with Crippen molar-refractivity contribution in [3.05, 3.63) is 0 Å². The molecule has 138 valence electrons. The SMILES string of the molecule is CN=C(NCCCOCCOC)NCCC1CCCC(C)C1.I. The summed E-state index contributed by atoms with van der Waals surface area (Å²) >= 11 is 0. The third-order valence-electron chi connectivity index (χ3n) is 4.30. The molecule has 0 saturated heterocycles. The first kappa shape index (κ1) is 22.9. The topological polar surface area (TPSA) is 54.9 Å². The highest BCUT2D eigenvalue weighted by atomic mass is 127. The average Bonchev–Trinajstić information content (AvgIpc) is 2.52. The number of guanidine groups is 1. The van der Waals surface area contributed by atoms with Gasteiger partial charge in [-0.3, -0.25) is 4.99 Å². The van der Waals surface area contributed by atoms with E-state index in [2.05, 4.69) is 22.5 Å². The first-order valence-electron chi connectivity index (χ1n) is 8.77. The van der Waals surface area contributed by atoms with Crippen molar-refractivity contribution in [2.45, 2.75) is 45.4 Å². The molecule has 0 radical (unpaired) electrons. The Morgan fingerprint density at radius 2 is 1.91 bits per heavy atom. The van der Waals surface area contributed by atoms with Crippen LogP contribution in [0.4, 0.5) is 0 Å². The molecule has 1 saturated carbocycles. The van der Waals surface area contributed by atoms with Crippen molar-refractivity contribution < 1.29 is 9.47 Å². The van der Waals surface area contributed by atoms with Crippen molar-refractivity contribution in [1.29, 1.82) is 0 Å². The lowest BCUT2D eigenvalue weighted by Gasteiger charge is -2.26. The van der Waals surface area contributed by atoms with Crippen LogP contribution in [0.5, 0.6) is 0 Å². The maximum atomic E-state index is 5.43. The number of nitrogens with one attached hydrogen (secondary N) is 2. The van der Waals surface area contributed by atoms with E-state index in [-0.39, 0.29) is 24.0 Å². The summed E-state index contributed by atoms with van der Waals surface area (Å²) in [6.07, 6.45) is 7.85. The Balaban J connectivity index is 0.00000484. The van der Waals surface area contributed by atoms with Gasteiger partial charge in [-0.2, -0.15) is 0 Å². The minimum Gasteiger partial charge on any atom is -0.382 e. The van der Waals surface area contributed by atoms with Gasteiger partial charge in [0.25, 0.3) is 0 Å². The molecule has 0 aliphatic heterocycles. The van der Waals surface area contributed by atoms with Crippen LogP contribution in [0.3, 0.4) is 0 Å². The zero-order valence-corrected chi connectivity index (χ0v) is 17.4. The molecule has 6 heteroatoms. The highest BCUT2D eigenvalue weighted by Gasteiger charge is 2.18. The number of ether oxygens (including phenoxy) is 2. The molecule has 0 spiro atoms. The number of rotatable bonds is 10. The smallest absolute Gasteiger partial charge is 0.190 e. The van der Waals surface area contributed by atoms with Crippen LogP contribution in [-0.2, 0) is 9.47 Å². The Morgan fingerprint density at radius 1 is 1.13 bits per heavy atom. The molecule has 5 nitrogen and oxygen atoms in total. The zero-order valence-electron chi connectivity index (χ0n) is 15.1. The fourth-order valence-electron chi connectivity index (χ4n) is 3.06. The molecular weight excluding hydrogens is 405 g/mol. The second-order valence-corrected chi connectivity index (χ2v) is 6.31. The van der Waals surface area contributed by atoms with E-state index >= 15 is 0 Å². The lowest BCUT2D eigenvalue weighted by molar-refractivity contribution is 0.0698. The Hall–Kier alpha value is -0.0800. The minimum absolute atomic E-state index is 0. The van der Waals surface area contributed by atoms with E-state index in [1.165, 1.54) is 32.1 Å². The summed E-state index contributed by atoms with van der Waals surface area (Å²) in [7, 11) is 3.52. The van der Waals surface area contributed by atoms with Crippen molar-refractivity contribution in [3.8, 4) is 0 Å². The van der Waals surface area contributed by atoms with Crippen LogP contribution in [-0.4, -0.2) is 53.0 Å². The number of halogens is 1. The Bertz CT molecular complexity index is 304. The van der Waals surface area contributed by atoms with Crippen LogP contribution >= 0.6 is 24.0 Å². The standard InChI is InChI=1S/C17H35N3O2.HI/c1-15-6-4-7-16(14-15)8-10-20-17(18-2)19-9-5-11-22-13-12-21-3;/h15-16H,4-14H2,1-3H3,(H2,18,19,20);1H. The maximum absolute atomic E-state index is 5.43. The Kier molecular flexibility index (Phi) is 15.4. The van der Waals surface area contributed by atoms with Gasteiger partial charge in [-0.1, -0.05) is 26.2 Å². The summed E-state index contributed by atoms with van der Waals surface area (Å²) in [6.45, 7) is 6.37. The maximum Gasteiger partial charge on any atom is 0.190 e. The van der Waals surface area contributed by atoms with E-state index in [1.54, 1.807) is 7.11 Å². The molecule has 1 rings (SSSR count). The van der Waals surface area contributed by atoms with Crippen molar-refractivity contribution in [1.82, 2.24) is 10.6 Å². The first-order chi connectivity index (χ1) is 10.8. The predicted octanol–water partition coefficient (Wildman–Crippen LogP) is 3.04. The van der Waals surface area contributed by atoms with Gasteiger partial charge in [-0.25, -0.2) is 0 Å². The van der Waals surface area contributed by atoms with Crippen LogP contribution in [0.1, 0.15) is 45.4 Å². The Labute approximate surface area is 159 Å². The van der Waals surface area contributed by atoms with E-state index < -0.39 is 0 Å². The van der Waals surface area contributed by atoms with Crippen molar-refractivity contribution in [2.75, 3.05) is 47.1 Å². The second-order valence-electron chi connectivity index (χ2n) is 6.31. The van der Waals surface area contributed by atoms with Gasteiger partial charge in [0.05, 0.1) is 13.2 Å². The fraction of sp³-hybridized carbons (Fsp3) is 0.941. The van der Waals surface area contributed by atoms with Gasteiger partial charge < -0.3 is 20.1 Å². The monoisotopic (exact) mass is 441 g/mol. The largest absolute Gasteiger partial charge is 0.382 e. The van der Waals surface area contributed by atoms with Gasteiger partial charge >= 0.3 is 0 Å². The number of aliphatic imine (C=N–C) groups is 1. The molecule has 1 fully saturated rings. The zero-order chi connectivity index (χ0) is 16.0. The van der Waals surface area contributed by atoms with Crippen LogP contribution in [0.2, 0.25) is 0 Å². The normalized spacial score (nSPS) is 21.6. The summed E-state index contributed by atoms with van der Waals surface area (Å²) in [4.78, 5) is 4.27. The summed E-state index contributed by atoms with van der Waals surface area (Å²) in [5.74, 6) is 2.71. The second kappa shape index (κ2) is 15.4. The van der Waals surface area contributed by atoms with Crippen molar-refractivity contribution >= 4 is 29.9 Å². The fourth-order valence-corrected chi connectivity index (χ4v) is 3.06. The van der Waals surface area contributed by atoms with E-state index in [9.17, 15) is 0 Å². The van der Waals surface area contributed by atoms with Crippen LogP contribution in [0.25, 0.3) is 0 Å². The van der Waals surface area contributed by atoms with Gasteiger partial charge in [0.15, 0.2) is 5.96 Å². The molecular formula is C17H36IN3O2. The lowest BCUT2D eigenvalue weighted by Crippen LogP contribution is -2.39. The summed E-state index contributed by atoms with van der Waals surface area (Å²) < 4.78 is 10.4. The molecule has 2 atom stereocenters. The molecule has 0 amide bonds. The van der Waals surface area contributed by atoms with Crippen molar-refractivity contribution in [2.24, 2.45) is 16.8 Å². The van der Waals surface area contributed by atoms with E-state index in [4.69, 9.17) is 9.47 Å². The first-order valence-corrected chi connectivity index (χ1v) is 8.77. The molecule has 0 aromatic rings. The van der Waals surface area contributed by atoms with E-state index in [0.29, 0.717) is 13.2 Å². The number of nitrogens with zero attached hydrogens (tertiary/aromatic N) is 1. The van der Waals surface area contributed by atoms with Gasteiger partial charge in [0, 0.05) is 33.9 Å². The van der Waals surface area contributed by atoms with Crippen molar-refractivity contribution in [3.63, 3.8) is 0 Å². The molecule has 0 bridgehead atoms. The average molecular weight is 441 g/mol. The molecule has 1 aliphatic carbocycles. The van der Waals surface area contributed by atoms with Gasteiger partial charge in [0.1, 0.15) is 0 Å². The van der Waals surface area contributed by atoms with E-state index in [1.807, 2.05) is 7.05 Å². The molecule has 0 heterocycles. The quantitative estimate of drug-likeness (QED) is 0.237. The minimum atomic E-state index is 0. The number of methoxy groups -OCH3 is 1. The molecule has 2 unspecified atom stereocenters. The molecule has 2 N–H and O–H groups in total. The van der Waals surface area contributed by atoms with Crippen LogP contribution in [0, 0.1) is 11.8 Å². The summed E-state index contributed by atoms with van der Waals surface area (Å²) in [5, 5.41) is 6.76. The third kappa shape index (κ3) is 12.0. The summed E-state index contributed by atoms with van der Waals surface area (Å²) in [6, 6.07) is 0. The number of hydrogen-bond acceptors (Lipinski definition) is 3. The van der Waals surface area contributed by atoms with E-state index in [0.717, 1.165) is 43.9 Å².